The van der Waals surface area contributed by atoms with Crippen LogP contribution in [-0.2, 0) is 11.3 Å². The van der Waals surface area contributed by atoms with E-state index >= 15 is 0 Å². The summed E-state index contributed by atoms with van der Waals surface area (Å²) in [5, 5.41) is 0. The van der Waals surface area contributed by atoms with Crippen LogP contribution >= 0.6 is 40.7 Å². The number of carbonyl (C=O) groups excluding carboxylic acids is 1. The average molecular weight is 529 g/mol. The summed E-state index contributed by atoms with van der Waals surface area (Å²) >= 11 is 3.47. The number of halogens is 3. The molecule has 0 radical (unpaired) electrons. The molecule has 1 spiro atoms. The van der Waals surface area contributed by atoms with Crippen molar-refractivity contribution in [2.75, 3.05) is 26.2 Å². The highest BCUT2D eigenvalue weighted by Crippen LogP contribution is 2.42. The molecule has 2 N–H and O–H groups in total. The van der Waals surface area contributed by atoms with E-state index in [1.165, 1.54) is 11.1 Å². The Morgan fingerprint density at radius 2 is 1.55 bits per heavy atom. The second-order valence-corrected chi connectivity index (χ2v) is 9.45. The van der Waals surface area contributed by atoms with Crippen LogP contribution in [-0.4, -0.2) is 41.9 Å². The maximum absolute atomic E-state index is 13.2. The number of nitrogens with two attached hydrogens (primary N) is 1. The zero-order chi connectivity index (χ0) is 20.3. The SMILES string of the molecule is Cl.Cl.NC(CCN1CCC2(CC1)CCN(Cc1ccc(Br)cc1)C2=O)c1ccccc1. The summed E-state index contributed by atoms with van der Waals surface area (Å²) in [5.74, 6) is 0.362. The van der Waals surface area contributed by atoms with Crippen LogP contribution in [0.2, 0.25) is 0 Å². The van der Waals surface area contributed by atoms with Crippen LogP contribution in [0.5, 0.6) is 0 Å². The first kappa shape index (κ1) is 26.1. The number of amides is 1. The van der Waals surface area contributed by atoms with E-state index in [2.05, 4.69) is 50.0 Å². The largest absolute Gasteiger partial charge is 0.338 e. The van der Waals surface area contributed by atoms with Gasteiger partial charge in [-0.05, 0) is 68.6 Å². The molecule has 2 fully saturated rings. The van der Waals surface area contributed by atoms with Crippen LogP contribution in [0.3, 0.4) is 0 Å². The summed E-state index contributed by atoms with van der Waals surface area (Å²) in [6, 6.07) is 18.7. The molecule has 1 unspecified atom stereocenters. The Morgan fingerprint density at radius 3 is 2.19 bits per heavy atom. The van der Waals surface area contributed by atoms with Gasteiger partial charge in [0.1, 0.15) is 0 Å². The number of rotatable bonds is 6. The normalized spacial score (nSPS) is 19.0. The minimum Gasteiger partial charge on any atom is -0.338 e. The van der Waals surface area contributed by atoms with Gasteiger partial charge in [-0.15, -0.1) is 24.8 Å². The van der Waals surface area contributed by atoms with Gasteiger partial charge in [-0.2, -0.15) is 0 Å². The van der Waals surface area contributed by atoms with E-state index in [9.17, 15) is 4.79 Å². The van der Waals surface area contributed by atoms with Crippen LogP contribution in [0, 0.1) is 5.41 Å². The van der Waals surface area contributed by atoms with E-state index in [0.29, 0.717) is 5.91 Å². The summed E-state index contributed by atoms with van der Waals surface area (Å²) in [6.07, 6.45) is 3.91. The van der Waals surface area contributed by atoms with Crippen molar-refractivity contribution in [2.24, 2.45) is 11.1 Å². The molecule has 2 aliphatic rings. The van der Waals surface area contributed by atoms with Crippen molar-refractivity contribution in [2.45, 2.75) is 38.3 Å². The minimum atomic E-state index is -0.132. The van der Waals surface area contributed by atoms with Crippen molar-refractivity contribution < 1.29 is 4.79 Å². The summed E-state index contributed by atoms with van der Waals surface area (Å²) in [5.41, 5.74) is 8.63. The zero-order valence-corrected chi connectivity index (χ0v) is 20.9. The number of hydrogen-bond donors (Lipinski definition) is 1. The Balaban J connectivity index is 0.00000171. The molecule has 31 heavy (non-hydrogen) atoms. The van der Waals surface area contributed by atoms with Crippen molar-refractivity contribution in [1.82, 2.24) is 9.80 Å². The van der Waals surface area contributed by atoms with Gasteiger partial charge in [0.2, 0.25) is 5.91 Å². The number of hydrogen-bond acceptors (Lipinski definition) is 3. The Labute approximate surface area is 206 Å². The van der Waals surface area contributed by atoms with E-state index in [-0.39, 0.29) is 36.3 Å². The molecule has 170 valence electrons. The van der Waals surface area contributed by atoms with Crippen molar-refractivity contribution in [3.05, 3.63) is 70.2 Å². The van der Waals surface area contributed by atoms with Gasteiger partial charge in [0.25, 0.3) is 0 Å². The number of benzene rings is 2. The second-order valence-electron chi connectivity index (χ2n) is 8.53. The predicted octanol–water partition coefficient (Wildman–Crippen LogP) is 5.20. The quantitative estimate of drug-likeness (QED) is 0.560. The van der Waals surface area contributed by atoms with Crippen LogP contribution in [0.1, 0.15) is 42.9 Å². The van der Waals surface area contributed by atoms with Gasteiger partial charge in [0, 0.05) is 23.6 Å². The first-order valence-corrected chi connectivity index (χ1v) is 11.4. The molecule has 1 amide bonds. The molecule has 4 rings (SSSR count). The third kappa shape index (κ3) is 6.23. The first-order valence-electron chi connectivity index (χ1n) is 10.6. The lowest BCUT2D eigenvalue weighted by atomic mass is 9.77. The maximum Gasteiger partial charge on any atom is 0.229 e. The van der Waals surface area contributed by atoms with Gasteiger partial charge in [-0.3, -0.25) is 4.79 Å². The van der Waals surface area contributed by atoms with E-state index in [0.717, 1.165) is 62.9 Å². The molecule has 0 saturated carbocycles. The molecule has 2 heterocycles. The van der Waals surface area contributed by atoms with Crippen LogP contribution < -0.4 is 5.73 Å². The maximum atomic E-state index is 13.2. The van der Waals surface area contributed by atoms with Gasteiger partial charge >= 0.3 is 0 Å². The fraction of sp³-hybridized carbons (Fsp3) is 0.458. The second kappa shape index (κ2) is 11.7. The van der Waals surface area contributed by atoms with Crippen molar-refractivity contribution in [3.63, 3.8) is 0 Å². The molecule has 2 aliphatic heterocycles. The molecular weight excluding hydrogens is 497 g/mol. The standard InChI is InChI=1S/C24H30BrN3O.2ClH/c25-21-8-6-19(7-9-21)18-28-17-13-24(23(28)29)11-15-27(16-12-24)14-10-22(26)20-4-2-1-3-5-20;;/h1-9,22H,10-18,26H2;2*1H. The monoisotopic (exact) mass is 527 g/mol. The lowest BCUT2D eigenvalue weighted by molar-refractivity contribution is -0.138. The summed E-state index contributed by atoms with van der Waals surface area (Å²) < 4.78 is 1.07. The molecule has 0 aliphatic carbocycles. The number of nitrogens with zero attached hydrogens (tertiary/aromatic N) is 2. The van der Waals surface area contributed by atoms with Crippen molar-refractivity contribution in [3.8, 4) is 0 Å². The molecule has 7 heteroatoms. The number of carbonyl (C=O) groups is 1. The molecule has 4 nitrogen and oxygen atoms in total. The lowest BCUT2D eigenvalue weighted by Gasteiger charge is -2.38. The molecule has 0 aromatic heterocycles. The van der Waals surface area contributed by atoms with Gasteiger partial charge in [0.05, 0.1) is 5.41 Å². The van der Waals surface area contributed by atoms with Gasteiger partial charge in [-0.1, -0.05) is 58.4 Å². The van der Waals surface area contributed by atoms with Crippen molar-refractivity contribution in [1.29, 1.82) is 0 Å². The zero-order valence-electron chi connectivity index (χ0n) is 17.7. The van der Waals surface area contributed by atoms with Crippen LogP contribution in [0.4, 0.5) is 0 Å². The van der Waals surface area contributed by atoms with Gasteiger partial charge < -0.3 is 15.5 Å². The third-order valence-electron chi connectivity index (χ3n) is 6.69. The molecule has 2 saturated heterocycles. The third-order valence-corrected chi connectivity index (χ3v) is 7.21. The average Bonchev–Trinajstić information content (AvgIpc) is 3.05. The molecule has 1 atom stereocenters. The molecule has 2 aromatic carbocycles. The number of piperidine rings is 1. The Kier molecular flexibility index (Phi) is 9.84. The van der Waals surface area contributed by atoms with Crippen molar-refractivity contribution >= 4 is 46.7 Å². The summed E-state index contributed by atoms with van der Waals surface area (Å²) in [4.78, 5) is 17.7. The molecule has 0 bridgehead atoms. The minimum absolute atomic E-state index is 0. The van der Waals surface area contributed by atoms with Gasteiger partial charge in [0.15, 0.2) is 0 Å². The molecule has 2 aromatic rings. The van der Waals surface area contributed by atoms with Crippen LogP contribution in [0.15, 0.2) is 59.1 Å². The predicted molar refractivity (Wildman–Crippen MR) is 135 cm³/mol. The Bertz CT molecular complexity index is 826. The highest BCUT2D eigenvalue weighted by molar-refractivity contribution is 9.10. The lowest BCUT2D eigenvalue weighted by Crippen LogP contribution is -2.45. The highest BCUT2D eigenvalue weighted by Gasteiger charge is 2.47. The highest BCUT2D eigenvalue weighted by atomic mass is 79.9. The Hall–Kier alpha value is -1.11. The first-order chi connectivity index (χ1) is 14.1. The fourth-order valence-corrected chi connectivity index (χ4v) is 4.98. The number of likely N-dealkylation sites (tertiary alicyclic amines) is 2. The van der Waals surface area contributed by atoms with E-state index in [4.69, 9.17) is 5.73 Å². The smallest absolute Gasteiger partial charge is 0.229 e. The van der Waals surface area contributed by atoms with E-state index in [1.54, 1.807) is 0 Å². The molecular formula is C24H32BrCl2N3O. The summed E-state index contributed by atoms with van der Waals surface area (Å²) in [7, 11) is 0. The Morgan fingerprint density at radius 1 is 0.935 bits per heavy atom. The van der Waals surface area contributed by atoms with Crippen LogP contribution in [0.25, 0.3) is 0 Å². The van der Waals surface area contributed by atoms with E-state index < -0.39 is 0 Å². The van der Waals surface area contributed by atoms with Gasteiger partial charge in [-0.25, -0.2) is 0 Å². The summed E-state index contributed by atoms with van der Waals surface area (Å²) in [6.45, 7) is 4.61. The fourth-order valence-electron chi connectivity index (χ4n) is 4.71. The topological polar surface area (TPSA) is 49.6 Å². The van der Waals surface area contributed by atoms with E-state index in [1.807, 2.05) is 30.3 Å².